The first-order valence-electron chi connectivity index (χ1n) is 7.27. The van der Waals surface area contributed by atoms with Crippen molar-refractivity contribution in [2.75, 3.05) is 19.8 Å². The zero-order chi connectivity index (χ0) is 13.6. The minimum Gasteiger partial charge on any atom is -0.394 e. The molecule has 3 nitrogen and oxygen atoms in total. The van der Waals surface area contributed by atoms with Crippen LogP contribution in [0.5, 0.6) is 0 Å². The maximum Gasteiger partial charge on any atom is 0.0666 e. The molecule has 0 saturated heterocycles. The third-order valence-corrected chi connectivity index (χ3v) is 4.15. The second kappa shape index (κ2) is 7.04. The van der Waals surface area contributed by atoms with Gasteiger partial charge in [-0.15, -0.1) is 0 Å². The predicted molar refractivity (Wildman–Crippen MR) is 76.8 cm³/mol. The van der Waals surface area contributed by atoms with Gasteiger partial charge in [0.05, 0.1) is 12.1 Å². The predicted octanol–water partition coefficient (Wildman–Crippen LogP) is 2.43. The van der Waals surface area contributed by atoms with Gasteiger partial charge in [-0.25, -0.2) is 0 Å². The van der Waals surface area contributed by atoms with Crippen LogP contribution in [0.2, 0.25) is 0 Å². The number of nitrogens with two attached hydrogens (primary N) is 1. The molecular weight excluding hydrogens is 238 g/mol. The second-order valence-corrected chi connectivity index (χ2v) is 5.66. The minimum atomic E-state index is -0.684. The van der Waals surface area contributed by atoms with Crippen molar-refractivity contribution in [2.24, 2.45) is 11.7 Å². The first-order valence-corrected chi connectivity index (χ1v) is 7.27. The molecule has 1 saturated carbocycles. The Morgan fingerprint density at radius 2 is 1.89 bits per heavy atom. The van der Waals surface area contributed by atoms with Gasteiger partial charge in [0.2, 0.25) is 0 Å². The van der Waals surface area contributed by atoms with Crippen LogP contribution in [-0.2, 0) is 10.3 Å². The maximum absolute atomic E-state index is 9.57. The lowest BCUT2D eigenvalue weighted by Gasteiger charge is -2.28. The number of aliphatic hydroxyl groups excluding tert-OH is 1. The van der Waals surface area contributed by atoms with Crippen LogP contribution >= 0.6 is 0 Å². The van der Waals surface area contributed by atoms with Crippen LogP contribution in [0.15, 0.2) is 30.3 Å². The fourth-order valence-corrected chi connectivity index (χ4v) is 2.77. The molecule has 1 fully saturated rings. The summed E-state index contributed by atoms with van der Waals surface area (Å²) < 4.78 is 5.75. The standard InChI is InChI=1S/C16H25NO2/c17-16(13-18,15-8-2-1-3-9-15)10-11-19-12-14-6-4-5-7-14/h1-3,8-9,14,18H,4-7,10-13,17H2. The molecule has 1 aromatic rings. The molecule has 0 heterocycles. The van der Waals surface area contributed by atoms with Gasteiger partial charge in [-0.05, 0) is 30.7 Å². The molecule has 1 aromatic carbocycles. The van der Waals surface area contributed by atoms with Gasteiger partial charge >= 0.3 is 0 Å². The number of aliphatic hydroxyl groups is 1. The molecule has 0 radical (unpaired) electrons. The van der Waals surface area contributed by atoms with Gasteiger partial charge in [0.15, 0.2) is 0 Å². The summed E-state index contributed by atoms with van der Waals surface area (Å²) in [5.41, 5.74) is 6.57. The van der Waals surface area contributed by atoms with Crippen LogP contribution in [0.4, 0.5) is 0 Å². The van der Waals surface area contributed by atoms with E-state index in [4.69, 9.17) is 10.5 Å². The van der Waals surface area contributed by atoms with E-state index >= 15 is 0 Å². The number of hydrogen-bond donors (Lipinski definition) is 2. The van der Waals surface area contributed by atoms with Crippen LogP contribution in [0.25, 0.3) is 0 Å². The Hall–Kier alpha value is -0.900. The maximum atomic E-state index is 9.57. The molecule has 1 aliphatic rings. The molecule has 0 bridgehead atoms. The third kappa shape index (κ3) is 4.03. The summed E-state index contributed by atoms with van der Waals surface area (Å²) in [5.74, 6) is 0.734. The molecule has 0 aliphatic heterocycles. The van der Waals surface area contributed by atoms with E-state index in [1.807, 2.05) is 30.3 Å². The molecule has 3 heteroatoms. The Balaban J connectivity index is 1.78. The van der Waals surface area contributed by atoms with Gasteiger partial charge in [-0.2, -0.15) is 0 Å². The van der Waals surface area contributed by atoms with Gasteiger partial charge in [0, 0.05) is 13.2 Å². The molecule has 2 rings (SSSR count). The molecule has 1 atom stereocenters. The van der Waals surface area contributed by atoms with Gasteiger partial charge < -0.3 is 15.6 Å². The van der Waals surface area contributed by atoms with Crippen LogP contribution < -0.4 is 5.73 Å². The summed E-state index contributed by atoms with van der Waals surface area (Å²) in [5, 5.41) is 9.57. The quantitative estimate of drug-likeness (QED) is 0.743. The number of benzene rings is 1. The fourth-order valence-electron chi connectivity index (χ4n) is 2.77. The molecule has 1 unspecified atom stereocenters. The zero-order valence-corrected chi connectivity index (χ0v) is 11.6. The van der Waals surface area contributed by atoms with E-state index in [-0.39, 0.29) is 6.61 Å². The van der Waals surface area contributed by atoms with Crippen LogP contribution in [0.3, 0.4) is 0 Å². The summed E-state index contributed by atoms with van der Waals surface area (Å²) in [4.78, 5) is 0. The summed E-state index contributed by atoms with van der Waals surface area (Å²) in [6, 6.07) is 9.79. The highest BCUT2D eigenvalue weighted by Crippen LogP contribution is 2.25. The highest BCUT2D eigenvalue weighted by molar-refractivity contribution is 5.23. The average molecular weight is 263 g/mol. The highest BCUT2D eigenvalue weighted by Gasteiger charge is 2.26. The van der Waals surface area contributed by atoms with Gasteiger partial charge in [-0.1, -0.05) is 43.2 Å². The normalized spacial score (nSPS) is 19.5. The first kappa shape index (κ1) is 14.5. The lowest BCUT2D eigenvalue weighted by Crippen LogP contribution is -2.41. The summed E-state index contributed by atoms with van der Waals surface area (Å²) in [6.07, 6.45) is 5.93. The summed E-state index contributed by atoms with van der Waals surface area (Å²) in [6.45, 7) is 1.41. The lowest BCUT2D eigenvalue weighted by atomic mass is 9.89. The van der Waals surface area contributed by atoms with E-state index < -0.39 is 5.54 Å². The zero-order valence-electron chi connectivity index (χ0n) is 11.6. The Bertz CT molecular complexity index is 362. The molecule has 3 N–H and O–H groups in total. The minimum absolute atomic E-state index is 0.0518. The SMILES string of the molecule is NC(CO)(CCOCC1CCCC1)c1ccccc1. The van der Waals surface area contributed by atoms with Crippen molar-refractivity contribution >= 4 is 0 Å². The van der Waals surface area contributed by atoms with E-state index in [0.717, 1.165) is 18.1 Å². The van der Waals surface area contributed by atoms with Gasteiger partial charge in [-0.3, -0.25) is 0 Å². The molecule has 0 amide bonds. The van der Waals surface area contributed by atoms with E-state index in [9.17, 15) is 5.11 Å². The van der Waals surface area contributed by atoms with Crippen LogP contribution in [0, 0.1) is 5.92 Å². The molecule has 1 aliphatic carbocycles. The Kier molecular flexibility index (Phi) is 5.37. The van der Waals surface area contributed by atoms with Crippen molar-refractivity contribution in [2.45, 2.75) is 37.6 Å². The van der Waals surface area contributed by atoms with E-state index in [2.05, 4.69) is 0 Å². The number of ether oxygens (including phenoxy) is 1. The molecule has 0 spiro atoms. The Morgan fingerprint density at radius 1 is 1.21 bits per heavy atom. The van der Waals surface area contributed by atoms with Crippen molar-refractivity contribution in [1.82, 2.24) is 0 Å². The van der Waals surface area contributed by atoms with Crippen LogP contribution in [-0.4, -0.2) is 24.9 Å². The van der Waals surface area contributed by atoms with Gasteiger partial charge in [0.1, 0.15) is 0 Å². The second-order valence-electron chi connectivity index (χ2n) is 5.66. The number of hydrogen-bond acceptors (Lipinski definition) is 3. The first-order chi connectivity index (χ1) is 9.24. The molecule has 0 aromatic heterocycles. The van der Waals surface area contributed by atoms with E-state index in [0.29, 0.717) is 13.0 Å². The Labute approximate surface area is 115 Å². The molecular formula is C16H25NO2. The van der Waals surface area contributed by atoms with Crippen molar-refractivity contribution in [3.63, 3.8) is 0 Å². The topological polar surface area (TPSA) is 55.5 Å². The highest BCUT2D eigenvalue weighted by atomic mass is 16.5. The average Bonchev–Trinajstić information content (AvgIpc) is 2.97. The number of rotatable bonds is 7. The Morgan fingerprint density at radius 3 is 2.53 bits per heavy atom. The monoisotopic (exact) mass is 263 g/mol. The largest absolute Gasteiger partial charge is 0.394 e. The molecule has 106 valence electrons. The molecule has 19 heavy (non-hydrogen) atoms. The van der Waals surface area contributed by atoms with Crippen LogP contribution in [0.1, 0.15) is 37.7 Å². The summed E-state index contributed by atoms with van der Waals surface area (Å²) >= 11 is 0. The van der Waals surface area contributed by atoms with Crippen molar-refractivity contribution < 1.29 is 9.84 Å². The van der Waals surface area contributed by atoms with E-state index in [1.54, 1.807) is 0 Å². The van der Waals surface area contributed by atoms with Crippen molar-refractivity contribution in [1.29, 1.82) is 0 Å². The third-order valence-electron chi connectivity index (χ3n) is 4.15. The van der Waals surface area contributed by atoms with Crippen molar-refractivity contribution in [3.8, 4) is 0 Å². The van der Waals surface area contributed by atoms with Gasteiger partial charge in [0.25, 0.3) is 0 Å². The van der Waals surface area contributed by atoms with Crippen molar-refractivity contribution in [3.05, 3.63) is 35.9 Å². The smallest absolute Gasteiger partial charge is 0.0666 e. The lowest BCUT2D eigenvalue weighted by molar-refractivity contribution is 0.0728. The fraction of sp³-hybridized carbons (Fsp3) is 0.625. The summed E-state index contributed by atoms with van der Waals surface area (Å²) in [7, 11) is 0. The van der Waals surface area contributed by atoms with E-state index in [1.165, 1.54) is 25.7 Å².